The summed E-state index contributed by atoms with van der Waals surface area (Å²) in [6.07, 6.45) is 0. The Labute approximate surface area is 87.0 Å². The van der Waals surface area contributed by atoms with Gasteiger partial charge in [0.1, 0.15) is 0 Å². The molecule has 0 unspecified atom stereocenters. The van der Waals surface area contributed by atoms with Crippen molar-refractivity contribution in [1.82, 2.24) is 0 Å². The minimum atomic E-state index is 0.298. The van der Waals surface area contributed by atoms with E-state index in [0.29, 0.717) is 10.8 Å². The highest BCUT2D eigenvalue weighted by molar-refractivity contribution is 6.28. The first-order valence-electron chi connectivity index (χ1n) is 4.24. The van der Waals surface area contributed by atoms with Gasteiger partial charge < -0.3 is 0 Å². The third-order valence-corrected chi connectivity index (χ3v) is 2.27. The maximum atomic E-state index is 9.64. The average molecular weight is 207 g/mol. The smallest absolute Gasteiger partial charge is 0.283 e. The second kappa shape index (κ2) is 3.68. The summed E-state index contributed by atoms with van der Waals surface area (Å²) in [5, 5.41) is 9.93. The Morgan fingerprint density at radius 3 is 2.36 bits per heavy atom. The maximum absolute atomic E-state index is 9.64. The molecule has 2 rings (SSSR count). The summed E-state index contributed by atoms with van der Waals surface area (Å²) in [5.41, 5.74) is 1.61. The Morgan fingerprint density at radius 1 is 0.929 bits per heavy atom. The molecule has 0 atom stereocenters. The highest BCUT2D eigenvalue weighted by Crippen LogP contribution is 2.15. The molecule has 0 spiro atoms. The fourth-order valence-corrected chi connectivity index (χ4v) is 1.47. The largest absolute Gasteiger partial charge is 0.325 e. The predicted molar refractivity (Wildman–Crippen MR) is 54.3 cm³/mol. The Bertz CT molecular complexity index is 442. The van der Waals surface area contributed by atoms with Gasteiger partial charge in [-0.1, -0.05) is 18.2 Å². The lowest BCUT2D eigenvalue weighted by atomic mass is 10.1. The van der Waals surface area contributed by atoms with Crippen LogP contribution in [0.1, 0.15) is 0 Å². The zero-order valence-corrected chi connectivity index (χ0v) is 8.15. The van der Waals surface area contributed by atoms with Crippen molar-refractivity contribution < 1.29 is 9.94 Å². The first kappa shape index (κ1) is 9.03. The summed E-state index contributed by atoms with van der Waals surface area (Å²) in [4.78, 5) is 0. The first-order chi connectivity index (χ1) is 6.79. The molecule has 3 heteroatoms. The zero-order chi connectivity index (χ0) is 9.97. The molecule has 0 aliphatic heterocycles. The van der Waals surface area contributed by atoms with Crippen molar-refractivity contribution >= 4 is 11.6 Å². The van der Waals surface area contributed by atoms with E-state index in [1.54, 1.807) is 18.2 Å². The van der Waals surface area contributed by atoms with Crippen molar-refractivity contribution in [2.75, 3.05) is 0 Å². The van der Waals surface area contributed by atoms with Gasteiger partial charge in [-0.05, 0) is 29.8 Å². The third-order valence-electron chi connectivity index (χ3n) is 1.99. The zero-order valence-electron chi connectivity index (χ0n) is 7.39. The number of nitrogens with zero attached hydrogens (tertiary/aromatic N) is 1. The molecular formula is C11H9ClNO+. The second-order valence-corrected chi connectivity index (χ2v) is 3.30. The first-order valence-corrected chi connectivity index (χ1v) is 4.62. The topological polar surface area (TPSA) is 24.1 Å². The van der Waals surface area contributed by atoms with Gasteiger partial charge in [0.05, 0.1) is 5.56 Å². The van der Waals surface area contributed by atoms with Crippen LogP contribution in [0.5, 0.6) is 0 Å². The van der Waals surface area contributed by atoms with E-state index in [1.807, 2.05) is 30.3 Å². The number of rotatable bonds is 1. The Kier molecular flexibility index (Phi) is 2.37. The summed E-state index contributed by atoms with van der Waals surface area (Å²) in [5.74, 6) is 0. The molecule has 0 saturated carbocycles. The molecule has 14 heavy (non-hydrogen) atoms. The SMILES string of the molecule is O[n+]1c(Cl)cccc1-c1ccccc1. The van der Waals surface area contributed by atoms with Gasteiger partial charge in [0.15, 0.2) is 0 Å². The van der Waals surface area contributed by atoms with Gasteiger partial charge >= 0.3 is 5.15 Å². The van der Waals surface area contributed by atoms with E-state index in [9.17, 15) is 5.21 Å². The number of hydrogen-bond donors (Lipinski definition) is 1. The normalized spacial score (nSPS) is 10.1. The van der Waals surface area contributed by atoms with Crippen LogP contribution in [-0.2, 0) is 0 Å². The summed E-state index contributed by atoms with van der Waals surface area (Å²) in [7, 11) is 0. The van der Waals surface area contributed by atoms with Gasteiger partial charge in [0.25, 0.3) is 5.69 Å². The van der Waals surface area contributed by atoms with Crippen LogP contribution in [0, 0.1) is 0 Å². The van der Waals surface area contributed by atoms with Crippen molar-refractivity contribution in [2.24, 2.45) is 0 Å². The van der Waals surface area contributed by atoms with Gasteiger partial charge in [0, 0.05) is 16.9 Å². The number of pyridine rings is 1. The maximum Gasteiger partial charge on any atom is 0.325 e. The highest BCUT2D eigenvalue weighted by Gasteiger charge is 2.15. The monoisotopic (exact) mass is 206 g/mol. The minimum absolute atomic E-state index is 0.298. The molecule has 2 nitrogen and oxygen atoms in total. The minimum Gasteiger partial charge on any atom is -0.283 e. The van der Waals surface area contributed by atoms with Gasteiger partial charge in [-0.25, -0.2) is 0 Å². The quantitative estimate of drug-likeness (QED) is 0.433. The van der Waals surface area contributed by atoms with E-state index in [4.69, 9.17) is 11.6 Å². The summed E-state index contributed by atoms with van der Waals surface area (Å²) < 4.78 is 0.969. The molecule has 0 bridgehead atoms. The molecular weight excluding hydrogens is 198 g/mol. The summed E-state index contributed by atoms with van der Waals surface area (Å²) >= 11 is 5.78. The lowest BCUT2D eigenvalue weighted by Gasteiger charge is -1.96. The predicted octanol–water partition coefficient (Wildman–Crippen LogP) is 2.53. The van der Waals surface area contributed by atoms with E-state index < -0.39 is 0 Å². The third kappa shape index (κ3) is 1.56. The van der Waals surface area contributed by atoms with E-state index in [0.717, 1.165) is 10.3 Å². The van der Waals surface area contributed by atoms with Crippen LogP contribution in [0.3, 0.4) is 0 Å². The van der Waals surface area contributed by atoms with Gasteiger partial charge in [0.2, 0.25) is 0 Å². The molecule has 0 saturated heterocycles. The molecule has 0 aliphatic rings. The fraction of sp³-hybridized carbons (Fsp3) is 0. The Morgan fingerprint density at radius 2 is 1.64 bits per heavy atom. The summed E-state index contributed by atoms with van der Waals surface area (Å²) in [6, 6.07) is 14.8. The number of halogens is 1. The van der Waals surface area contributed by atoms with E-state index in [1.165, 1.54) is 0 Å². The van der Waals surface area contributed by atoms with Crippen molar-refractivity contribution in [1.29, 1.82) is 0 Å². The van der Waals surface area contributed by atoms with E-state index >= 15 is 0 Å². The molecule has 1 N–H and O–H groups in total. The average Bonchev–Trinajstić information content (AvgIpc) is 2.23. The van der Waals surface area contributed by atoms with Gasteiger partial charge in [-0.15, -0.1) is 0 Å². The van der Waals surface area contributed by atoms with E-state index in [2.05, 4.69) is 0 Å². The Balaban J connectivity index is 2.58. The van der Waals surface area contributed by atoms with Gasteiger partial charge in [-0.2, -0.15) is 0 Å². The number of hydrogen-bond acceptors (Lipinski definition) is 1. The summed E-state index contributed by atoms with van der Waals surface area (Å²) in [6.45, 7) is 0. The number of aromatic nitrogens is 1. The molecule has 2 aromatic rings. The van der Waals surface area contributed by atoms with E-state index in [-0.39, 0.29) is 0 Å². The number of benzene rings is 1. The van der Waals surface area contributed by atoms with Crippen LogP contribution in [0.4, 0.5) is 0 Å². The molecule has 1 aromatic heterocycles. The molecule has 1 aromatic carbocycles. The molecule has 1 heterocycles. The van der Waals surface area contributed by atoms with Crippen LogP contribution in [0.2, 0.25) is 5.15 Å². The van der Waals surface area contributed by atoms with Crippen LogP contribution in [0.15, 0.2) is 48.5 Å². The van der Waals surface area contributed by atoms with Crippen molar-refractivity contribution in [3.8, 4) is 11.3 Å². The lowest BCUT2D eigenvalue weighted by molar-refractivity contribution is -0.894. The van der Waals surface area contributed by atoms with Crippen molar-refractivity contribution in [2.45, 2.75) is 0 Å². The Hall–Kier alpha value is -1.54. The lowest BCUT2D eigenvalue weighted by Crippen LogP contribution is -2.33. The standard InChI is InChI=1S/C11H9ClNO/c12-11-8-4-7-10(13(11)14)9-5-2-1-3-6-9/h1-8,14H/q+1. The molecule has 0 radical (unpaired) electrons. The van der Waals surface area contributed by atoms with Crippen LogP contribution in [0.25, 0.3) is 11.3 Å². The fourth-order valence-electron chi connectivity index (χ4n) is 1.30. The van der Waals surface area contributed by atoms with Crippen molar-refractivity contribution in [3.05, 3.63) is 53.7 Å². The second-order valence-electron chi connectivity index (χ2n) is 2.91. The molecule has 70 valence electrons. The molecule has 0 amide bonds. The molecule has 0 fully saturated rings. The van der Waals surface area contributed by atoms with Gasteiger partial charge in [-0.3, -0.25) is 5.21 Å². The van der Waals surface area contributed by atoms with Crippen LogP contribution in [-0.4, -0.2) is 5.21 Å². The highest BCUT2D eigenvalue weighted by atomic mass is 35.5. The van der Waals surface area contributed by atoms with Crippen molar-refractivity contribution in [3.63, 3.8) is 0 Å². The van der Waals surface area contributed by atoms with Crippen LogP contribution >= 0.6 is 11.6 Å². The van der Waals surface area contributed by atoms with Crippen LogP contribution < -0.4 is 4.73 Å². The molecule has 0 aliphatic carbocycles.